The van der Waals surface area contributed by atoms with Gasteiger partial charge in [0.15, 0.2) is 0 Å². The van der Waals surface area contributed by atoms with Crippen LogP contribution >= 0.6 is 0 Å². The lowest BCUT2D eigenvalue weighted by atomic mass is 9.93. The molecule has 23 heavy (non-hydrogen) atoms. The molecule has 0 unspecified atom stereocenters. The molecule has 3 rings (SSSR count). The van der Waals surface area contributed by atoms with Gasteiger partial charge in [-0.25, -0.2) is 4.79 Å². The molecule has 1 amide bonds. The Kier molecular flexibility index (Phi) is 4.13. The third-order valence-corrected chi connectivity index (χ3v) is 5.26. The van der Waals surface area contributed by atoms with Crippen LogP contribution in [0.15, 0.2) is 30.3 Å². The second kappa shape index (κ2) is 5.82. The first-order valence-electron chi connectivity index (χ1n) is 8.59. The largest absolute Gasteiger partial charge is 0.444 e. The maximum atomic E-state index is 13.0. The van der Waals surface area contributed by atoms with Gasteiger partial charge in [-0.1, -0.05) is 30.3 Å². The van der Waals surface area contributed by atoms with Crippen LogP contribution in [0.5, 0.6) is 0 Å². The minimum absolute atomic E-state index is 0.178. The molecule has 4 nitrogen and oxygen atoms in total. The van der Waals surface area contributed by atoms with Gasteiger partial charge in [0.2, 0.25) is 0 Å². The average Bonchev–Trinajstić information content (AvgIpc) is 2.98. The van der Waals surface area contributed by atoms with Gasteiger partial charge in [-0.2, -0.15) is 0 Å². The molecule has 2 aliphatic heterocycles. The SMILES string of the molecule is CN1C2CCC1(N(Cc1ccccc1)C(=O)OC(C)(C)C)CC2. The van der Waals surface area contributed by atoms with E-state index in [9.17, 15) is 4.79 Å². The predicted octanol–water partition coefficient (Wildman–Crippen LogP) is 4.01. The third kappa shape index (κ3) is 3.09. The van der Waals surface area contributed by atoms with Crippen molar-refractivity contribution in [1.29, 1.82) is 0 Å². The van der Waals surface area contributed by atoms with E-state index in [1.807, 2.05) is 43.9 Å². The van der Waals surface area contributed by atoms with E-state index in [-0.39, 0.29) is 11.8 Å². The molecular weight excluding hydrogens is 288 g/mol. The molecule has 1 aromatic rings. The standard InChI is InChI=1S/C19H28N2O2/c1-18(2,3)23-17(22)21(14-15-8-6-5-7-9-15)19-12-10-16(11-13-19)20(19)4/h5-9,16H,10-14H2,1-4H3. The van der Waals surface area contributed by atoms with Gasteiger partial charge in [-0.15, -0.1) is 0 Å². The summed E-state index contributed by atoms with van der Waals surface area (Å²) in [5.41, 5.74) is 0.497. The number of benzene rings is 1. The molecule has 2 saturated heterocycles. The Morgan fingerprint density at radius 1 is 1.26 bits per heavy atom. The maximum Gasteiger partial charge on any atom is 0.412 e. The molecule has 0 atom stereocenters. The van der Waals surface area contributed by atoms with Crippen LogP contribution in [-0.4, -0.2) is 40.2 Å². The Morgan fingerprint density at radius 2 is 1.87 bits per heavy atom. The molecule has 4 heteroatoms. The molecule has 0 aliphatic carbocycles. The monoisotopic (exact) mass is 316 g/mol. The van der Waals surface area contributed by atoms with Crippen LogP contribution in [0, 0.1) is 0 Å². The molecule has 1 aromatic carbocycles. The fourth-order valence-electron chi connectivity index (χ4n) is 4.07. The van der Waals surface area contributed by atoms with E-state index in [0.717, 1.165) is 18.4 Å². The number of rotatable bonds is 3. The van der Waals surface area contributed by atoms with E-state index in [2.05, 4.69) is 24.1 Å². The van der Waals surface area contributed by atoms with Crippen LogP contribution in [0.2, 0.25) is 0 Å². The van der Waals surface area contributed by atoms with Crippen molar-refractivity contribution < 1.29 is 9.53 Å². The average molecular weight is 316 g/mol. The Balaban J connectivity index is 1.89. The van der Waals surface area contributed by atoms with E-state index in [1.54, 1.807) is 0 Å². The summed E-state index contributed by atoms with van der Waals surface area (Å²) in [6, 6.07) is 10.8. The van der Waals surface area contributed by atoms with E-state index in [4.69, 9.17) is 4.74 Å². The summed E-state index contributed by atoms with van der Waals surface area (Å²) in [6.07, 6.45) is 4.23. The van der Waals surface area contributed by atoms with Crippen LogP contribution in [0.4, 0.5) is 4.79 Å². The third-order valence-electron chi connectivity index (χ3n) is 5.26. The highest BCUT2D eigenvalue weighted by Gasteiger charge is 2.55. The van der Waals surface area contributed by atoms with Crippen molar-refractivity contribution in [3.63, 3.8) is 0 Å². The van der Waals surface area contributed by atoms with Gasteiger partial charge in [0.05, 0.1) is 12.2 Å². The first-order chi connectivity index (χ1) is 10.8. The van der Waals surface area contributed by atoms with Crippen molar-refractivity contribution in [2.45, 2.75) is 70.3 Å². The van der Waals surface area contributed by atoms with Gasteiger partial charge in [-0.05, 0) is 59.1 Å². The summed E-state index contributed by atoms with van der Waals surface area (Å²) < 4.78 is 5.74. The molecule has 2 bridgehead atoms. The molecule has 0 saturated carbocycles. The number of carbonyl (C=O) groups excluding carboxylic acids is 1. The van der Waals surface area contributed by atoms with Gasteiger partial charge in [-0.3, -0.25) is 9.80 Å². The van der Waals surface area contributed by atoms with Crippen LogP contribution in [0.3, 0.4) is 0 Å². The van der Waals surface area contributed by atoms with Crippen molar-refractivity contribution in [3.8, 4) is 0 Å². The Hall–Kier alpha value is -1.55. The van der Waals surface area contributed by atoms with Gasteiger partial charge in [0.1, 0.15) is 5.60 Å². The zero-order valence-corrected chi connectivity index (χ0v) is 14.7. The lowest BCUT2D eigenvalue weighted by Gasteiger charge is -2.43. The Labute approximate surface area is 139 Å². The van der Waals surface area contributed by atoms with Crippen molar-refractivity contribution in [2.75, 3.05) is 7.05 Å². The van der Waals surface area contributed by atoms with E-state index >= 15 is 0 Å². The summed E-state index contributed by atoms with van der Waals surface area (Å²) >= 11 is 0. The Bertz CT molecular complexity index is 556. The first-order valence-corrected chi connectivity index (χ1v) is 8.59. The normalized spacial score (nSPS) is 27.2. The van der Waals surface area contributed by atoms with Crippen molar-refractivity contribution in [1.82, 2.24) is 9.80 Å². The second-order valence-electron chi connectivity index (χ2n) is 7.88. The van der Waals surface area contributed by atoms with Crippen LogP contribution in [0.1, 0.15) is 52.0 Å². The molecule has 0 radical (unpaired) electrons. The molecule has 2 fully saturated rings. The van der Waals surface area contributed by atoms with E-state index in [0.29, 0.717) is 12.6 Å². The predicted molar refractivity (Wildman–Crippen MR) is 91.0 cm³/mol. The highest BCUT2D eigenvalue weighted by atomic mass is 16.6. The smallest absolute Gasteiger partial charge is 0.412 e. The lowest BCUT2D eigenvalue weighted by Crippen LogP contribution is -2.56. The highest BCUT2D eigenvalue weighted by Crippen LogP contribution is 2.48. The number of hydrogen-bond acceptors (Lipinski definition) is 3. The first kappa shape index (κ1) is 16.3. The van der Waals surface area contributed by atoms with Crippen molar-refractivity contribution >= 4 is 6.09 Å². The van der Waals surface area contributed by atoms with Crippen LogP contribution in [-0.2, 0) is 11.3 Å². The maximum absolute atomic E-state index is 13.0. The molecule has 2 heterocycles. The van der Waals surface area contributed by atoms with Gasteiger partial charge < -0.3 is 4.74 Å². The van der Waals surface area contributed by atoms with Crippen LogP contribution in [0.25, 0.3) is 0 Å². The number of carbonyl (C=O) groups is 1. The fraction of sp³-hybridized carbons (Fsp3) is 0.632. The quantitative estimate of drug-likeness (QED) is 0.844. The second-order valence-corrected chi connectivity index (χ2v) is 7.88. The minimum Gasteiger partial charge on any atom is -0.444 e. The number of nitrogens with zero attached hydrogens (tertiary/aromatic N) is 2. The summed E-state index contributed by atoms with van der Waals surface area (Å²) in [5.74, 6) is 0. The molecule has 0 spiro atoms. The summed E-state index contributed by atoms with van der Waals surface area (Å²) in [7, 11) is 2.16. The van der Waals surface area contributed by atoms with E-state index in [1.165, 1.54) is 12.8 Å². The molecule has 0 N–H and O–H groups in total. The molecule has 2 aliphatic rings. The van der Waals surface area contributed by atoms with Gasteiger partial charge >= 0.3 is 6.09 Å². The number of fused-ring (bicyclic) bond motifs is 2. The zero-order chi connectivity index (χ0) is 16.7. The Morgan fingerprint density at radius 3 is 2.35 bits per heavy atom. The minimum atomic E-state index is -0.474. The fourth-order valence-corrected chi connectivity index (χ4v) is 4.07. The summed E-state index contributed by atoms with van der Waals surface area (Å²) in [5, 5.41) is 0. The summed E-state index contributed by atoms with van der Waals surface area (Å²) in [4.78, 5) is 17.3. The molecule has 126 valence electrons. The topological polar surface area (TPSA) is 32.8 Å². The van der Waals surface area contributed by atoms with Gasteiger partial charge in [0, 0.05) is 6.04 Å². The zero-order valence-electron chi connectivity index (χ0n) is 14.7. The number of hydrogen-bond donors (Lipinski definition) is 0. The van der Waals surface area contributed by atoms with Gasteiger partial charge in [0.25, 0.3) is 0 Å². The van der Waals surface area contributed by atoms with Crippen molar-refractivity contribution in [3.05, 3.63) is 35.9 Å². The highest BCUT2D eigenvalue weighted by molar-refractivity contribution is 5.69. The molecule has 0 aromatic heterocycles. The van der Waals surface area contributed by atoms with E-state index < -0.39 is 5.60 Å². The van der Waals surface area contributed by atoms with Crippen LogP contribution < -0.4 is 0 Å². The summed E-state index contributed by atoms with van der Waals surface area (Å²) in [6.45, 7) is 6.39. The number of amides is 1. The lowest BCUT2D eigenvalue weighted by molar-refractivity contribution is -0.0397. The van der Waals surface area contributed by atoms with Crippen molar-refractivity contribution in [2.24, 2.45) is 0 Å². The number of ether oxygens (including phenoxy) is 1. The molecular formula is C19H28N2O2.